The number of Topliss-reactive ketones (excluding diaryl/α,β-unsaturated/α-hetero) is 1. The third kappa shape index (κ3) is 12.9. The zero-order chi connectivity index (χ0) is 58.6. The van der Waals surface area contributed by atoms with Crippen LogP contribution in [-0.4, -0.2) is 176 Å². The van der Waals surface area contributed by atoms with Gasteiger partial charge in [-0.15, -0.1) is 0 Å². The lowest BCUT2D eigenvalue weighted by Gasteiger charge is -2.34. The van der Waals surface area contributed by atoms with Gasteiger partial charge in [-0.3, -0.25) is 35.0 Å². The van der Waals surface area contributed by atoms with Crippen LogP contribution in [-0.2, 0) is 60.7 Å². The van der Waals surface area contributed by atoms with Crippen LogP contribution in [0.1, 0.15) is 87.0 Å². The monoisotopic (exact) mass is 1170 g/mol. The van der Waals surface area contributed by atoms with Crippen LogP contribution in [0, 0.1) is 0 Å². The molecule has 4 aliphatic heterocycles. The number of fused-ring (bicyclic) bond motifs is 4. The molecule has 21 nitrogen and oxygen atoms in total. The van der Waals surface area contributed by atoms with Crippen molar-refractivity contribution in [3.05, 3.63) is 106 Å². The molecule has 6 heterocycles. The highest BCUT2D eigenvalue weighted by molar-refractivity contribution is 7.86. The summed E-state index contributed by atoms with van der Waals surface area (Å²) in [5.41, 5.74) is 4.29. The van der Waals surface area contributed by atoms with Crippen molar-refractivity contribution >= 4 is 60.0 Å². The molecule has 0 aliphatic carbocycles. The number of carbonyl (C=O) groups excluding carboxylic acids is 3. The Morgan fingerprint density at radius 1 is 0.537 bits per heavy atom. The number of nitrogens with one attached hydrogen (secondary N) is 2. The second-order valence-corrected chi connectivity index (χ2v) is 26.9. The summed E-state index contributed by atoms with van der Waals surface area (Å²) in [5, 5.41) is 27.1. The number of hydrogen-bond acceptors (Lipinski definition) is 19. The Labute approximate surface area is 478 Å². The Balaban J connectivity index is 1.09. The first-order valence-electron chi connectivity index (χ1n) is 27.7. The maximum atomic E-state index is 16.0. The van der Waals surface area contributed by atoms with E-state index in [2.05, 4.69) is 30.2 Å². The van der Waals surface area contributed by atoms with Gasteiger partial charge in [-0.05, 0) is 124 Å². The topological polar surface area (TPSA) is 244 Å². The zero-order valence-corrected chi connectivity index (χ0v) is 49.4. The van der Waals surface area contributed by atoms with Gasteiger partial charge in [0.15, 0.2) is 5.78 Å². The van der Waals surface area contributed by atoms with Gasteiger partial charge in [0.2, 0.25) is 0 Å². The Morgan fingerprint density at radius 3 is 1.24 bits per heavy atom. The van der Waals surface area contributed by atoms with E-state index in [0.29, 0.717) is 82.0 Å². The predicted octanol–water partition coefficient (Wildman–Crippen LogP) is 5.95. The molecule has 4 aromatic carbocycles. The minimum atomic E-state index is -4.10. The molecular formula is C59H74N8O13S2. The number of nitrogens with zero attached hydrogens (tertiary/aromatic N) is 6. The van der Waals surface area contributed by atoms with E-state index in [1.165, 1.54) is 21.3 Å². The Morgan fingerprint density at radius 2 is 0.902 bits per heavy atom. The molecule has 0 spiro atoms. The van der Waals surface area contributed by atoms with E-state index in [-0.39, 0.29) is 37.8 Å². The molecule has 6 aromatic rings. The van der Waals surface area contributed by atoms with Crippen molar-refractivity contribution in [1.82, 2.24) is 39.4 Å². The maximum Gasteiger partial charge on any atom is 0.419 e. The summed E-state index contributed by atoms with van der Waals surface area (Å²) < 4.78 is 77.8. The van der Waals surface area contributed by atoms with Crippen LogP contribution in [0.4, 0.5) is 9.59 Å². The molecule has 2 aromatic heterocycles. The Kier molecular flexibility index (Phi) is 16.6. The average molecular weight is 1170 g/mol. The number of carbonyl (C=O) groups is 3. The maximum absolute atomic E-state index is 16.0. The van der Waals surface area contributed by atoms with E-state index in [0.717, 1.165) is 86.8 Å². The number of aliphatic hydroxyl groups is 2. The van der Waals surface area contributed by atoms with Crippen LogP contribution >= 0.6 is 0 Å². The summed E-state index contributed by atoms with van der Waals surface area (Å²) in [6.07, 6.45) is 0.511. The van der Waals surface area contributed by atoms with Crippen molar-refractivity contribution in [2.75, 3.05) is 91.2 Å². The number of ether oxygens (including phenoxy) is 2. The number of rotatable bonds is 16. The van der Waals surface area contributed by atoms with E-state index in [9.17, 15) is 36.6 Å². The summed E-state index contributed by atoms with van der Waals surface area (Å²) in [4.78, 5) is 54.3. The van der Waals surface area contributed by atoms with Crippen LogP contribution in [0.25, 0.3) is 44.3 Å². The lowest BCUT2D eigenvalue weighted by atomic mass is 9.87. The van der Waals surface area contributed by atoms with E-state index < -0.39 is 61.5 Å². The summed E-state index contributed by atoms with van der Waals surface area (Å²) >= 11 is 0. The summed E-state index contributed by atoms with van der Waals surface area (Å²) in [6.45, 7) is 19.8. The molecule has 2 unspecified atom stereocenters. The van der Waals surface area contributed by atoms with Gasteiger partial charge in [0.1, 0.15) is 22.7 Å². The number of β-amino-alcohol motifs (C(OH)–C–C–N with tert-alkyl or cyclic N) is 2. The number of hydrogen-bond donors (Lipinski definition) is 4. The fraction of sp³-hybridized carbons (Fsp3) is 0.475. The fourth-order valence-corrected chi connectivity index (χ4v) is 12.7. The number of ketones is 1. The minimum absolute atomic E-state index is 0.0140. The molecule has 440 valence electrons. The van der Waals surface area contributed by atoms with Gasteiger partial charge in [0.05, 0.1) is 60.2 Å². The summed E-state index contributed by atoms with van der Waals surface area (Å²) in [7, 11) is -8.19. The number of aromatic nitrogens is 2. The molecule has 4 N–H and O–H groups in total. The van der Waals surface area contributed by atoms with Gasteiger partial charge in [0, 0.05) is 125 Å². The molecule has 23 heteroatoms. The molecule has 0 amide bonds. The highest BCUT2D eigenvalue weighted by Gasteiger charge is 2.43. The Hall–Kier alpha value is -6.25. The van der Waals surface area contributed by atoms with Crippen molar-refractivity contribution < 1.29 is 59.3 Å². The summed E-state index contributed by atoms with van der Waals surface area (Å²) in [5.74, 6) is -0.477. The quantitative estimate of drug-likeness (QED) is 0.0818. The van der Waals surface area contributed by atoms with Gasteiger partial charge >= 0.3 is 32.4 Å². The lowest BCUT2D eigenvalue weighted by Crippen LogP contribution is -2.46. The lowest BCUT2D eigenvalue weighted by molar-refractivity contribution is -0.123. The molecule has 10 rings (SSSR count). The first-order chi connectivity index (χ1) is 38.7. The van der Waals surface area contributed by atoms with Crippen LogP contribution in [0.15, 0.2) is 72.8 Å². The third-order valence-electron chi connectivity index (χ3n) is 15.2. The number of aliphatic hydroxyl groups excluding tert-OH is 2. The van der Waals surface area contributed by atoms with Crippen molar-refractivity contribution in [2.45, 2.75) is 91.0 Å². The van der Waals surface area contributed by atoms with Crippen LogP contribution in [0.2, 0.25) is 0 Å². The van der Waals surface area contributed by atoms with Gasteiger partial charge in [-0.2, -0.15) is 16.8 Å². The molecule has 82 heavy (non-hydrogen) atoms. The zero-order valence-electron chi connectivity index (χ0n) is 47.8. The molecular weight excluding hydrogens is 1090 g/mol. The second-order valence-electron chi connectivity index (χ2n) is 23.8. The van der Waals surface area contributed by atoms with Crippen LogP contribution in [0.3, 0.4) is 0 Å². The second kappa shape index (κ2) is 23.1. The molecule has 0 radical (unpaired) electrons. The minimum Gasteiger partial charge on any atom is -0.443 e. The highest BCUT2D eigenvalue weighted by atomic mass is 32.2. The van der Waals surface area contributed by atoms with Gasteiger partial charge in [0.25, 0.3) is 0 Å². The largest absolute Gasteiger partial charge is 0.443 e. The molecule has 2 atom stereocenters. The van der Waals surface area contributed by atoms with Gasteiger partial charge in [-0.1, -0.05) is 12.1 Å². The van der Waals surface area contributed by atoms with Crippen molar-refractivity contribution in [2.24, 2.45) is 0 Å². The number of piperazine rings is 2. The van der Waals surface area contributed by atoms with Gasteiger partial charge < -0.3 is 28.1 Å². The molecule has 0 saturated carbocycles. The van der Waals surface area contributed by atoms with E-state index in [4.69, 9.17) is 17.8 Å². The molecule has 4 aliphatic rings. The predicted molar refractivity (Wildman–Crippen MR) is 311 cm³/mol. The van der Waals surface area contributed by atoms with Crippen molar-refractivity contribution in [3.8, 4) is 34.0 Å². The van der Waals surface area contributed by atoms with E-state index in [1.807, 2.05) is 48.5 Å². The first kappa shape index (κ1) is 58.9. The normalized spacial score (nSPS) is 18.7. The standard InChI is InChI=1S/C59H74N8O13S2/c1-58(2,3)77-56(71)66-45-13-9-37(35-64-21-17-62(18-22-64)25-27-68)29-39(45)31-47(66)41-11-15-49(79-81(7,73)74)43-33-60-53(51(41)43)55(70)54-52-42(12-16-50(44(52)34-61-54)80-82(8,75)76)48-32-40-30-38(36-65-23-19-63(20-24-65)26-28-69)10-14-46(40)67(48)57(72)78-59(4,5)6/h9-16,29-32,53-54,60-61,68-69H,17-28,33-36H2,1-8H3. The molecule has 2 fully saturated rings. The smallest absolute Gasteiger partial charge is 0.419 e. The van der Waals surface area contributed by atoms with Crippen LogP contribution < -0.4 is 19.0 Å². The average Bonchev–Trinajstić information content (AvgIpc) is 2.14. The Bertz CT molecular complexity index is 3440. The van der Waals surface area contributed by atoms with Crippen LogP contribution in [0.5, 0.6) is 11.5 Å². The van der Waals surface area contributed by atoms with Gasteiger partial charge in [-0.25, -0.2) is 18.7 Å². The first-order valence-corrected chi connectivity index (χ1v) is 31.4. The van der Waals surface area contributed by atoms with E-state index in [1.54, 1.807) is 53.7 Å². The van der Waals surface area contributed by atoms with Crippen molar-refractivity contribution in [1.29, 1.82) is 0 Å². The third-order valence-corrected chi connectivity index (χ3v) is 16.2. The highest BCUT2D eigenvalue weighted by Crippen LogP contribution is 2.48. The fourth-order valence-electron chi connectivity index (χ4n) is 11.8. The molecule has 2 saturated heterocycles. The SMILES string of the molecule is CC(C)(C)OC(=O)n1c(-c2ccc(OS(C)(=O)=O)c3c2C(C(=O)C2NCc4c(OS(C)(=O)=O)ccc(-c5cc6cc(CN7CCN(CCO)CC7)ccc6n5C(=O)OC(C)(C)C)c42)NC3)cc2cc(CN3CCN(CCO)CC3)ccc21. The van der Waals surface area contributed by atoms with E-state index >= 15 is 4.79 Å². The number of benzene rings is 4. The van der Waals surface area contributed by atoms with Crippen molar-refractivity contribution in [3.63, 3.8) is 0 Å². The summed E-state index contributed by atoms with van der Waals surface area (Å²) in [6, 6.07) is 19.4. The molecule has 0 bridgehead atoms.